The summed E-state index contributed by atoms with van der Waals surface area (Å²) in [6.07, 6.45) is 3.56. The van der Waals surface area contributed by atoms with Crippen LogP contribution in [0.5, 0.6) is 0 Å². The second kappa shape index (κ2) is 22.9. The fourth-order valence-corrected chi connectivity index (χ4v) is 5.61. The van der Waals surface area contributed by atoms with Crippen LogP contribution in [-0.4, -0.2) is 127 Å². The van der Waals surface area contributed by atoms with Crippen molar-refractivity contribution in [2.45, 2.75) is 49.4 Å². The molecule has 0 radical (unpaired) electrons. The Kier molecular flexibility index (Phi) is 19.7. The van der Waals surface area contributed by atoms with Gasteiger partial charge in [-0.15, -0.1) is 0 Å². The topological polar surface area (TPSA) is 181 Å². The highest BCUT2D eigenvalue weighted by atomic mass is 32.2. The molecular formula is C25H47N5O9S. The first-order valence-electron chi connectivity index (χ1n) is 14.0. The van der Waals surface area contributed by atoms with Crippen molar-refractivity contribution in [2.75, 3.05) is 91.6 Å². The number of ether oxygens (including phenoxy) is 6. The van der Waals surface area contributed by atoms with Crippen molar-refractivity contribution in [1.29, 1.82) is 0 Å². The first kappa shape index (κ1) is 34.5. The van der Waals surface area contributed by atoms with E-state index in [1.165, 1.54) is 0 Å². The van der Waals surface area contributed by atoms with Crippen molar-refractivity contribution in [1.82, 2.24) is 21.4 Å². The number of hydrazine groups is 1. The molecule has 2 heterocycles. The minimum atomic E-state index is -0.261. The second-order valence-corrected chi connectivity index (χ2v) is 10.5. The molecule has 2 saturated heterocycles. The fraction of sp³-hybridized carbons (Fsp3) is 0.880. The molecule has 2 fully saturated rings. The Morgan fingerprint density at radius 2 is 1.30 bits per heavy atom. The summed E-state index contributed by atoms with van der Waals surface area (Å²) < 4.78 is 32.4. The molecule has 6 N–H and O–H groups in total. The lowest BCUT2D eigenvalue weighted by molar-refractivity contribution is -0.122. The monoisotopic (exact) mass is 593 g/mol. The number of hydrogen-bond acceptors (Lipinski definition) is 11. The maximum absolute atomic E-state index is 12.0. The molecule has 0 aromatic heterocycles. The Morgan fingerprint density at radius 1 is 0.750 bits per heavy atom. The zero-order valence-corrected chi connectivity index (χ0v) is 24.1. The Morgan fingerprint density at radius 3 is 1.88 bits per heavy atom. The highest BCUT2D eigenvalue weighted by molar-refractivity contribution is 8.00. The van der Waals surface area contributed by atoms with Crippen molar-refractivity contribution < 1.29 is 42.8 Å². The predicted octanol–water partition coefficient (Wildman–Crippen LogP) is -0.692. The van der Waals surface area contributed by atoms with Gasteiger partial charge in [-0.05, 0) is 12.8 Å². The summed E-state index contributed by atoms with van der Waals surface area (Å²) in [5.41, 5.74) is 2.04. The number of carbonyl (C=O) groups is 3. The van der Waals surface area contributed by atoms with E-state index in [9.17, 15) is 14.4 Å². The van der Waals surface area contributed by atoms with Crippen molar-refractivity contribution in [3.63, 3.8) is 0 Å². The van der Waals surface area contributed by atoms with E-state index in [4.69, 9.17) is 34.3 Å². The third kappa shape index (κ3) is 16.5. The third-order valence-electron chi connectivity index (χ3n) is 6.14. The van der Waals surface area contributed by atoms with Gasteiger partial charge in [0.2, 0.25) is 11.8 Å². The lowest BCUT2D eigenvalue weighted by atomic mass is 10.0. The van der Waals surface area contributed by atoms with E-state index in [-0.39, 0.29) is 36.3 Å². The second-order valence-electron chi connectivity index (χ2n) is 9.21. The number of rotatable bonds is 26. The average Bonchev–Trinajstić information content (AvgIpc) is 3.50. The minimum Gasteiger partial charge on any atom is -0.379 e. The van der Waals surface area contributed by atoms with Gasteiger partial charge in [0.05, 0.1) is 97.8 Å². The first-order valence-corrected chi connectivity index (χ1v) is 15.1. The molecule has 2 aliphatic rings. The summed E-state index contributed by atoms with van der Waals surface area (Å²) in [7, 11) is 0. The molecule has 2 aliphatic heterocycles. The number of hydrogen-bond donors (Lipinski definition) is 5. The highest BCUT2D eigenvalue weighted by Gasteiger charge is 2.42. The standard InChI is InChI=1S/C25H47N5O9S/c26-30-23(32)5-7-34-9-11-36-13-15-38-17-18-39-16-14-37-12-10-35-8-6-27-22(31)4-2-1-3-21-24-20(19-40-21)28-25(33)29-24/h20-21,24H,1-19,26H2,(H,27,31)(H,30,32)(H2,28,29,33). The molecule has 0 bridgehead atoms. The van der Waals surface area contributed by atoms with Gasteiger partial charge in [0.1, 0.15) is 0 Å². The zero-order chi connectivity index (χ0) is 28.7. The molecule has 3 atom stereocenters. The van der Waals surface area contributed by atoms with Gasteiger partial charge in [-0.3, -0.25) is 15.0 Å². The number of carbonyl (C=O) groups excluding carboxylic acids is 3. The van der Waals surface area contributed by atoms with Gasteiger partial charge < -0.3 is 44.4 Å². The summed E-state index contributed by atoms with van der Waals surface area (Å²) in [4.78, 5) is 34.3. The predicted molar refractivity (Wildman–Crippen MR) is 149 cm³/mol. The van der Waals surface area contributed by atoms with Crippen molar-refractivity contribution >= 4 is 29.6 Å². The summed E-state index contributed by atoms with van der Waals surface area (Å²) in [6, 6.07) is 0.408. The lowest BCUT2D eigenvalue weighted by Gasteiger charge is -2.16. The van der Waals surface area contributed by atoms with Crippen LogP contribution in [0.3, 0.4) is 0 Å². The molecule has 2 rings (SSSR count). The highest BCUT2D eigenvalue weighted by Crippen LogP contribution is 2.33. The molecule has 232 valence electrons. The minimum absolute atomic E-state index is 0.0402. The van der Waals surface area contributed by atoms with E-state index < -0.39 is 0 Å². The molecule has 0 saturated carbocycles. The Hall–Kier alpha value is -1.72. The molecule has 0 spiro atoms. The molecule has 4 amide bonds. The van der Waals surface area contributed by atoms with Gasteiger partial charge in [-0.1, -0.05) is 6.42 Å². The maximum atomic E-state index is 12.0. The Balaban J connectivity index is 1.21. The average molecular weight is 594 g/mol. The van der Waals surface area contributed by atoms with E-state index in [1.54, 1.807) is 0 Å². The Bertz CT molecular complexity index is 710. The summed E-state index contributed by atoms with van der Waals surface area (Å²) in [5.74, 6) is 5.71. The van der Waals surface area contributed by atoms with Crippen LogP contribution in [0, 0.1) is 0 Å². The van der Waals surface area contributed by atoms with Crippen molar-refractivity contribution in [3.8, 4) is 0 Å². The molecule has 14 nitrogen and oxygen atoms in total. The van der Waals surface area contributed by atoms with Gasteiger partial charge in [0, 0.05) is 24.0 Å². The van der Waals surface area contributed by atoms with Crippen LogP contribution in [0.1, 0.15) is 32.1 Å². The van der Waals surface area contributed by atoms with Crippen LogP contribution < -0.4 is 27.2 Å². The van der Waals surface area contributed by atoms with E-state index in [1.807, 2.05) is 17.2 Å². The van der Waals surface area contributed by atoms with Crippen LogP contribution in [-0.2, 0) is 38.0 Å². The molecule has 3 unspecified atom stereocenters. The quantitative estimate of drug-likeness (QED) is 0.0282. The van der Waals surface area contributed by atoms with E-state index >= 15 is 0 Å². The van der Waals surface area contributed by atoms with Crippen molar-refractivity contribution in [3.05, 3.63) is 0 Å². The third-order valence-corrected chi connectivity index (χ3v) is 7.65. The molecule has 0 aliphatic carbocycles. The summed E-state index contributed by atoms with van der Waals surface area (Å²) in [6.45, 7) is 5.82. The number of nitrogens with one attached hydrogen (secondary N) is 4. The SMILES string of the molecule is NNC(=O)CCOCCOCCOCCOCCOCCOCCNC(=O)CCCCC1SCC2NC(=O)NC21. The van der Waals surface area contributed by atoms with E-state index in [0.717, 1.165) is 25.0 Å². The van der Waals surface area contributed by atoms with Crippen LogP contribution in [0.4, 0.5) is 4.79 Å². The van der Waals surface area contributed by atoms with Gasteiger partial charge in [0.15, 0.2) is 0 Å². The van der Waals surface area contributed by atoms with Crippen LogP contribution in [0.15, 0.2) is 0 Å². The number of nitrogens with two attached hydrogens (primary N) is 1. The van der Waals surface area contributed by atoms with E-state index in [2.05, 4.69) is 16.0 Å². The molecule has 0 aromatic carbocycles. The number of thioether (sulfide) groups is 1. The van der Waals surface area contributed by atoms with E-state index in [0.29, 0.717) is 97.5 Å². The number of fused-ring (bicyclic) bond motifs is 1. The molecule has 15 heteroatoms. The largest absolute Gasteiger partial charge is 0.379 e. The normalized spacial score (nSPS) is 19.7. The number of amides is 4. The van der Waals surface area contributed by atoms with Crippen LogP contribution >= 0.6 is 11.8 Å². The first-order chi connectivity index (χ1) is 19.6. The summed E-state index contributed by atoms with van der Waals surface area (Å²) in [5, 5.41) is 9.26. The number of urea groups is 1. The van der Waals surface area contributed by atoms with Crippen molar-refractivity contribution in [2.24, 2.45) is 5.84 Å². The van der Waals surface area contributed by atoms with Gasteiger partial charge in [-0.2, -0.15) is 11.8 Å². The van der Waals surface area contributed by atoms with Gasteiger partial charge in [0.25, 0.3) is 0 Å². The fourth-order valence-electron chi connectivity index (χ4n) is 4.06. The van der Waals surface area contributed by atoms with Crippen LogP contribution in [0.2, 0.25) is 0 Å². The summed E-state index contributed by atoms with van der Waals surface area (Å²) >= 11 is 1.90. The lowest BCUT2D eigenvalue weighted by Crippen LogP contribution is -2.36. The van der Waals surface area contributed by atoms with Gasteiger partial charge >= 0.3 is 6.03 Å². The molecule has 40 heavy (non-hydrogen) atoms. The number of unbranched alkanes of at least 4 members (excludes halogenated alkanes) is 1. The van der Waals surface area contributed by atoms with Crippen LogP contribution in [0.25, 0.3) is 0 Å². The molecular weight excluding hydrogens is 546 g/mol. The smallest absolute Gasteiger partial charge is 0.315 e. The maximum Gasteiger partial charge on any atom is 0.315 e. The molecule has 0 aromatic rings. The Labute approximate surface area is 240 Å². The zero-order valence-electron chi connectivity index (χ0n) is 23.3. The van der Waals surface area contributed by atoms with Gasteiger partial charge in [-0.25, -0.2) is 10.6 Å².